The Bertz CT molecular complexity index is 1100. The van der Waals surface area contributed by atoms with Crippen LogP contribution < -0.4 is 14.2 Å². The third-order valence-corrected chi connectivity index (χ3v) is 5.03. The van der Waals surface area contributed by atoms with E-state index in [4.69, 9.17) is 4.74 Å². The van der Waals surface area contributed by atoms with Gasteiger partial charge in [-0.2, -0.15) is 4.98 Å². The lowest BCUT2D eigenvalue weighted by molar-refractivity contribution is -0.286. The van der Waals surface area contributed by atoms with Gasteiger partial charge in [0.05, 0.1) is 6.10 Å². The van der Waals surface area contributed by atoms with Crippen molar-refractivity contribution in [3.05, 3.63) is 47.8 Å². The molecule has 0 bridgehead atoms. The summed E-state index contributed by atoms with van der Waals surface area (Å²) >= 11 is 0. The summed E-state index contributed by atoms with van der Waals surface area (Å²) in [5, 5.41) is 9.29. The first-order valence-corrected chi connectivity index (χ1v) is 10.5. The van der Waals surface area contributed by atoms with Crippen molar-refractivity contribution in [2.45, 2.75) is 19.3 Å². The number of amides is 2. The van der Waals surface area contributed by atoms with Crippen molar-refractivity contribution in [1.29, 1.82) is 0 Å². The van der Waals surface area contributed by atoms with Crippen LogP contribution in [0.2, 0.25) is 0 Å². The van der Waals surface area contributed by atoms with Crippen LogP contribution in [-0.4, -0.2) is 81.9 Å². The summed E-state index contributed by atoms with van der Waals surface area (Å²) in [5.74, 6) is -0.759. The summed E-state index contributed by atoms with van der Waals surface area (Å²) in [6.45, 7) is 2.82. The molecule has 1 N–H and O–H groups in total. The van der Waals surface area contributed by atoms with Crippen LogP contribution in [0.3, 0.4) is 0 Å². The molecule has 4 rings (SSSR count). The van der Waals surface area contributed by atoms with Crippen LogP contribution in [0.4, 0.5) is 8.78 Å². The first-order valence-electron chi connectivity index (χ1n) is 10.5. The molecule has 0 aliphatic carbocycles. The lowest BCUT2D eigenvalue weighted by atomic mass is 10.2. The number of ether oxygens (including phenoxy) is 3. The maximum Gasteiger partial charge on any atom is 0.586 e. The smallest absolute Gasteiger partial charge is 0.461 e. The van der Waals surface area contributed by atoms with Crippen LogP contribution in [0, 0.1) is 0 Å². The Morgan fingerprint density at radius 1 is 1.18 bits per heavy atom. The molecule has 0 saturated carbocycles. The molecule has 0 spiro atoms. The van der Waals surface area contributed by atoms with Crippen LogP contribution >= 0.6 is 0 Å². The van der Waals surface area contributed by atoms with Crippen molar-refractivity contribution in [2.75, 3.05) is 32.8 Å². The van der Waals surface area contributed by atoms with Crippen LogP contribution in [-0.2, 0) is 4.79 Å². The lowest BCUT2D eigenvalue weighted by Crippen LogP contribution is -2.50. The summed E-state index contributed by atoms with van der Waals surface area (Å²) in [6, 6.07) is 5.71. The van der Waals surface area contributed by atoms with E-state index in [1.165, 1.54) is 42.6 Å². The molecule has 2 amide bonds. The fraction of sp³-hybridized carbons (Fsp3) is 0.364. The zero-order valence-corrected chi connectivity index (χ0v) is 18.2. The standard InChI is InChI=1S/C22H22F2N4O6/c1-14(29)13-32-21-25-7-6-16(26-21)20(31)28-10-8-27(9-11-28)19(30)5-3-15-2-4-17-18(12-15)34-22(23,24)33-17/h2-7,12,14,29H,8-11,13H2,1H3/b5-3+/t14-/m1/s1. The number of halogens is 2. The molecule has 2 aliphatic heterocycles. The highest BCUT2D eigenvalue weighted by Gasteiger charge is 2.43. The maximum atomic E-state index is 13.1. The lowest BCUT2D eigenvalue weighted by Gasteiger charge is -2.34. The number of aliphatic hydroxyl groups is 1. The summed E-state index contributed by atoms with van der Waals surface area (Å²) in [6.07, 6.45) is -0.161. The van der Waals surface area contributed by atoms with E-state index in [0.717, 1.165) is 0 Å². The van der Waals surface area contributed by atoms with Crippen molar-refractivity contribution in [1.82, 2.24) is 19.8 Å². The Balaban J connectivity index is 1.30. The minimum Gasteiger partial charge on any atom is -0.461 e. The van der Waals surface area contributed by atoms with Gasteiger partial charge in [0.1, 0.15) is 12.3 Å². The Hall–Kier alpha value is -3.80. The first kappa shape index (κ1) is 23.4. The van der Waals surface area contributed by atoms with Crippen molar-refractivity contribution < 1.29 is 37.7 Å². The molecule has 34 heavy (non-hydrogen) atoms. The molecule has 2 aliphatic rings. The predicted octanol–water partition coefficient (Wildman–Crippen LogP) is 1.56. The monoisotopic (exact) mass is 476 g/mol. The molecule has 0 unspecified atom stereocenters. The Kier molecular flexibility index (Phi) is 6.59. The van der Waals surface area contributed by atoms with E-state index in [2.05, 4.69) is 19.4 Å². The molecule has 1 atom stereocenters. The van der Waals surface area contributed by atoms with Crippen LogP contribution in [0.5, 0.6) is 17.5 Å². The van der Waals surface area contributed by atoms with E-state index in [0.29, 0.717) is 31.7 Å². The second-order valence-electron chi connectivity index (χ2n) is 7.71. The molecule has 1 fully saturated rings. The third-order valence-electron chi connectivity index (χ3n) is 5.03. The molecule has 1 saturated heterocycles. The van der Waals surface area contributed by atoms with Gasteiger partial charge in [-0.15, -0.1) is 8.78 Å². The fourth-order valence-electron chi connectivity index (χ4n) is 3.36. The highest BCUT2D eigenvalue weighted by molar-refractivity contribution is 5.94. The second-order valence-corrected chi connectivity index (χ2v) is 7.71. The molecule has 0 radical (unpaired) electrons. The number of piperazine rings is 1. The van der Waals surface area contributed by atoms with Gasteiger partial charge in [0.2, 0.25) is 5.91 Å². The largest absolute Gasteiger partial charge is 0.586 e. The predicted molar refractivity (Wildman–Crippen MR) is 113 cm³/mol. The van der Waals surface area contributed by atoms with Crippen LogP contribution in [0.15, 0.2) is 36.5 Å². The second kappa shape index (κ2) is 9.59. The maximum absolute atomic E-state index is 13.1. The Morgan fingerprint density at radius 2 is 1.88 bits per heavy atom. The van der Waals surface area contributed by atoms with Crippen molar-refractivity contribution >= 4 is 17.9 Å². The number of fused-ring (bicyclic) bond motifs is 1. The van der Waals surface area contributed by atoms with E-state index in [1.807, 2.05) is 0 Å². The van der Waals surface area contributed by atoms with Gasteiger partial charge in [0.25, 0.3) is 5.91 Å². The molecule has 1 aromatic heterocycles. The van der Waals surface area contributed by atoms with E-state index in [1.54, 1.807) is 16.7 Å². The first-order chi connectivity index (χ1) is 16.2. The number of carbonyl (C=O) groups is 2. The zero-order chi connectivity index (χ0) is 24.3. The molecule has 1 aromatic carbocycles. The van der Waals surface area contributed by atoms with Gasteiger partial charge >= 0.3 is 12.3 Å². The minimum absolute atomic E-state index is 0.00191. The minimum atomic E-state index is -3.70. The fourth-order valence-corrected chi connectivity index (χ4v) is 3.36. The number of hydrogen-bond acceptors (Lipinski definition) is 8. The number of aliphatic hydroxyl groups excluding tert-OH is 1. The van der Waals surface area contributed by atoms with Gasteiger partial charge in [0, 0.05) is 38.5 Å². The van der Waals surface area contributed by atoms with E-state index in [9.17, 15) is 23.5 Å². The summed E-state index contributed by atoms with van der Waals surface area (Å²) < 4.78 is 40.3. The van der Waals surface area contributed by atoms with Crippen molar-refractivity contribution in [3.63, 3.8) is 0 Å². The molecule has 2 aromatic rings. The third kappa shape index (κ3) is 5.57. The Labute approximate surface area is 193 Å². The highest BCUT2D eigenvalue weighted by atomic mass is 19.3. The number of carbonyl (C=O) groups excluding carboxylic acids is 2. The number of rotatable bonds is 6. The van der Waals surface area contributed by atoms with Crippen LogP contribution in [0.25, 0.3) is 6.08 Å². The normalized spacial score (nSPS) is 17.6. The van der Waals surface area contributed by atoms with Gasteiger partial charge in [-0.3, -0.25) is 9.59 Å². The topological polar surface area (TPSA) is 114 Å². The molecule has 12 heteroatoms. The van der Waals surface area contributed by atoms with Gasteiger partial charge in [-0.05, 0) is 36.8 Å². The average Bonchev–Trinajstić information content (AvgIpc) is 3.14. The van der Waals surface area contributed by atoms with Gasteiger partial charge in [-0.1, -0.05) is 6.07 Å². The zero-order valence-electron chi connectivity index (χ0n) is 18.2. The number of benzene rings is 1. The number of hydrogen-bond donors (Lipinski definition) is 1. The number of alkyl halides is 2. The number of nitrogens with zero attached hydrogens (tertiary/aromatic N) is 4. The van der Waals surface area contributed by atoms with E-state index >= 15 is 0 Å². The highest BCUT2D eigenvalue weighted by Crippen LogP contribution is 2.41. The van der Waals surface area contributed by atoms with Gasteiger partial charge in [-0.25, -0.2) is 4.98 Å². The molecular weight excluding hydrogens is 454 g/mol. The summed E-state index contributed by atoms with van der Waals surface area (Å²) in [4.78, 5) is 36.4. The van der Waals surface area contributed by atoms with E-state index in [-0.39, 0.29) is 41.6 Å². The van der Waals surface area contributed by atoms with Gasteiger partial charge in [0.15, 0.2) is 11.5 Å². The van der Waals surface area contributed by atoms with Crippen LogP contribution in [0.1, 0.15) is 23.0 Å². The molecule has 180 valence electrons. The van der Waals surface area contributed by atoms with Crippen molar-refractivity contribution in [3.8, 4) is 17.5 Å². The molecular formula is C22H22F2N4O6. The molecule has 10 nitrogen and oxygen atoms in total. The van der Waals surface area contributed by atoms with Crippen molar-refractivity contribution in [2.24, 2.45) is 0 Å². The quantitative estimate of drug-likeness (QED) is 0.625. The molecule has 3 heterocycles. The summed E-state index contributed by atoms with van der Waals surface area (Å²) in [5.41, 5.74) is 0.656. The average molecular weight is 476 g/mol. The van der Waals surface area contributed by atoms with E-state index < -0.39 is 12.4 Å². The number of aromatic nitrogens is 2. The Morgan fingerprint density at radius 3 is 2.62 bits per heavy atom. The summed E-state index contributed by atoms with van der Waals surface area (Å²) in [7, 11) is 0. The van der Waals surface area contributed by atoms with Gasteiger partial charge < -0.3 is 29.1 Å². The SMILES string of the molecule is C[C@@H](O)COc1nccc(C(=O)N2CCN(C(=O)/C=C/c3ccc4c(c3)OC(F)(F)O4)CC2)n1.